The van der Waals surface area contributed by atoms with Crippen LogP contribution in [0.1, 0.15) is 79.7 Å². The van der Waals surface area contributed by atoms with E-state index >= 15 is 0 Å². The van der Waals surface area contributed by atoms with Crippen molar-refractivity contribution in [2.75, 3.05) is 75.5 Å². The molecule has 18 heteroatoms. The van der Waals surface area contributed by atoms with Gasteiger partial charge in [0.05, 0.1) is 38.5 Å². The molecule has 0 bridgehead atoms. The van der Waals surface area contributed by atoms with Gasteiger partial charge in [-0.2, -0.15) is 17.6 Å². The smallest absolute Gasteiger partial charge is 0.387 e. The molecular weight excluding hydrogens is 909 g/mol. The zero-order valence-corrected chi connectivity index (χ0v) is 37.9. The van der Waals surface area contributed by atoms with Crippen LogP contribution in [0.25, 0.3) is 22.3 Å². The molecule has 6 aliphatic rings. The first-order chi connectivity index (χ1) is 34.2. The molecule has 0 radical (unpaired) electrons. The van der Waals surface area contributed by atoms with Gasteiger partial charge in [0, 0.05) is 98.1 Å². The van der Waals surface area contributed by atoms with Gasteiger partial charge in [0.15, 0.2) is 0 Å². The Kier molecular flexibility index (Phi) is 12.5. The summed E-state index contributed by atoms with van der Waals surface area (Å²) in [7, 11) is 0. The number of hydrogen-bond donors (Lipinski definition) is 0. The molecule has 0 aliphatic carbocycles. The Hall–Kier alpha value is -7.18. The summed E-state index contributed by atoms with van der Waals surface area (Å²) < 4.78 is 72.6. The van der Waals surface area contributed by atoms with Gasteiger partial charge in [-0.05, 0) is 82.6 Å². The summed E-state index contributed by atoms with van der Waals surface area (Å²) in [5, 5.41) is 0. The van der Waals surface area contributed by atoms with Crippen LogP contribution in [0.5, 0.6) is 11.5 Å². The molecular formula is C52H48F4N8O6. The largest absolute Gasteiger partial charge is 0.435 e. The van der Waals surface area contributed by atoms with Gasteiger partial charge < -0.3 is 38.5 Å². The van der Waals surface area contributed by atoms with Gasteiger partial charge in [0.1, 0.15) is 11.5 Å². The number of para-hydroxylation sites is 2. The number of carbonyl (C=O) groups excluding carboxylic acids is 2. The van der Waals surface area contributed by atoms with Gasteiger partial charge in [-0.25, -0.2) is 19.9 Å². The normalized spacial score (nSPS) is 21.4. The molecule has 14 nitrogen and oxygen atoms in total. The van der Waals surface area contributed by atoms with E-state index in [-0.39, 0.29) is 47.2 Å². The lowest BCUT2D eigenvalue weighted by molar-refractivity contribution is -0.0513. The van der Waals surface area contributed by atoms with Gasteiger partial charge in [0.2, 0.25) is 11.9 Å². The van der Waals surface area contributed by atoms with Crippen molar-refractivity contribution in [2.24, 2.45) is 0 Å². The van der Waals surface area contributed by atoms with E-state index in [4.69, 9.17) is 18.9 Å². The zero-order chi connectivity index (χ0) is 47.9. The molecule has 2 amide bonds. The van der Waals surface area contributed by atoms with Crippen LogP contribution in [-0.2, 0) is 9.47 Å². The molecule has 4 saturated heterocycles. The minimum absolute atomic E-state index is 0.0229. The number of nitrogens with zero attached hydrogens (tertiary/aromatic N) is 8. The average molecular weight is 957 g/mol. The van der Waals surface area contributed by atoms with Crippen LogP contribution in [0.3, 0.4) is 0 Å². The van der Waals surface area contributed by atoms with Crippen molar-refractivity contribution in [1.82, 2.24) is 29.7 Å². The van der Waals surface area contributed by atoms with Crippen molar-refractivity contribution in [3.63, 3.8) is 0 Å². The van der Waals surface area contributed by atoms with E-state index in [2.05, 4.69) is 29.7 Å². The maximum Gasteiger partial charge on any atom is 0.387 e. The number of rotatable bonds is 10. The molecule has 360 valence electrons. The van der Waals surface area contributed by atoms with Crippen LogP contribution in [0.15, 0.2) is 110 Å². The highest BCUT2D eigenvalue weighted by atomic mass is 19.3. The molecule has 12 rings (SSSR count). The first kappa shape index (κ1) is 45.3. The summed E-state index contributed by atoms with van der Waals surface area (Å²) in [6.45, 7) is 1.01. The summed E-state index contributed by atoms with van der Waals surface area (Å²) in [5.74, 6) is 1.36. The van der Waals surface area contributed by atoms with Gasteiger partial charge in [-0.1, -0.05) is 48.5 Å². The Morgan fingerprint density at radius 1 is 0.486 bits per heavy atom. The van der Waals surface area contributed by atoms with E-state index in [1.165, 1.54) is 0 Å². The highest BCUT2D eigenvalue weighted by Gasteiger charge is 2.48. The predicted octanol–water partition coefficient (Wildman–Crippen LogP) is 8.53. The minimum Gasteiger partial charge on any atom is -0.435 e. The zero-order valence-electron chi connectivity index (χ0n) is 37.9. The summed E-state index contributed by atoms with van der Waals surface area (Å²) in [6.07, 6.45) is 8.55. The lowest BCUT2D eigenvalue weighted by Gasteiger charge is -2.26. The Balaban J connectivity index is 0.000000152. The maximum absolute atomic E-state index is 13.1. The van der Waals surface area contributed by atoms with Crippen molar-refractivity contribution in [3.8, 4) is 33.8 Å². The molecule has 8 heterocycles. The molecule has 6 aliphatic heterocycles. The molecule has 4 atom stereocenters. The van der Waals surface area contributed by atoms with Crippen LogP contribution in [0.4, 0.5) is 29.5 Å². The van der Waals surface area contributed by atoms with Gasteiger partial charge >= 0.3 is 13.2 Å². The summed E-state index contributed by atoms with van der Waals surface area (Å²) >= 11 is 0. The number of fused-ring (bicyclic) bond motifs is 6. The van der Waals surface area contributed by atoms with Crippen molar-refractivity contribution < 1.29 is 46.1 Å². The number of morpholine rings is 2. The van der Waals surface area contributed by atoms with E-state index in [0.29, 0.717) is 86.5 Å². The van der Waals surface area contributed by atoms with Gasteiger partial charge in [-0.3, -0.25) is 9.59 Å². The fraction of sp³-hybridized carbons (Fsp3) is 0.346. The van der Waals surface area contributed by atoms with Crippen LogP contribution in [-0.4, -0.2) is 120 Å². The number of alkyl halides is 4. The highest BCUT2D eigenvalue weighted by Crippen LogP contribution is 2.53. The van der Waals surface area contributed by atoms with Crippen molar-refractivity contribution in [3.05, 3.63) is 143 Å². The number of aromatic nitrogens is 4. The number of amides is 2. The van der Waals surface area contributed by atoms with Crippen molar-refractivity contribution >= 4 is 23.7 Å². The highest BCUT2D eigenvalue weighted by molar-refractivity contribution is 6.01. The average Bonchev–Trinajstić information content (AvgIpc) is 4.16. The number of ether oxygens (including phenoxy) is 4. The second-order valence-corrected chi connectivity index (χ2v) is 17.9. The number of anilines is 2. The molecule has 6 aromatic rings. The number of carbonyl (C=O) groups is 2. The minimum atomic E-state index is -2.90. The topological polar surface area (TPSA) is 136 Å². The molecule has 0 saturated carbocycles. The molecule has 2 unspecified atom stereocenters. The van der Waals surface area contributed by atoms with Gasteiger partial charge in [0.25, 0.3) is 11.8 Å². The SMILES string of the molecule is O=C1c2ccc(-c3cnc(N4CCOCC4)nc3)cc2C2C(c3ccccc3OC(F)F)CCN12.O=C1c2ccc(-c3cnc(N4CCOCC4)nc3)cc2[C@H]2[C@H](c3ccccc3OC(F)F)CCN12. The molecule has 0 N–H and O–H groups in total. The Morgan fingerprint density at radius 3 is 1.26 bits per heavy atom. The van der Waals surface area contributed by atoms with E-state index in [0.717, 1.165) is 59.6 Å². The molecule has 4 fully saturated rings. The number of halogens is 4. The number of hydrogen-bond acceptors (Lipinski definition) is 12. The summed E-state index contributed by atoms with van der Waals surface area (Å²) in [4.78, 5) is 52.3. The summed E-state index contributed by atoms with van der Waals surface area (Å²) in [6, 6.07) is 24.8. The van der Waals surface area contributed by atoms with Crippen molar-refractivity contribution in [1.29, 1.82) is 0 Å². The molecule has 4 aromatic carbocycles. The Labute approximate surface area is 400 Å². The third kappa shape index (κ3) is 8.63. The Bertz CT molecular complexity index is 2690. The van der Waals surface area contributed by atoms with Gasteiger partial charge in [-0.15, -0.1) is 0 Å². The first-order valence-electron chi connectivity index (χ1n) is 23.5. The van der Waals surface area contributed by atoms with E-state index < -0.39 is 13.2 Å². The lowest BCUT2D eigenvalue weighted by atomic mass is 9.86. The second-order valence-electron chi connectivity index (χ2n) is 17.9. The monoisotopic (exact) mass is 956 g/mol. The Morgan fingerprint density at radius 2 is 0.871 bits per heavy atom. The maximum atomic E-state index is 13.1. The molecule has 2 aromatic heterocycles. The fourth-order valence-corrected chi connectivity index (χ4v) is 10.9. The number of benzene rings is 4. The second kappa shape index (κ2) is 19.3. The van der Waals surface area contributed by atoms with E-state index in [9.17, 15) is 27.2 Å². The first-order valence-corrected chi connectivity index (χ1v) is 23.5. The lowest BCUT2D eigenvalue weighted by Crippen LogP contribution is -2.37. The summed E-state index contributed by atoms with van der Waals surface area (Å²) in [5.41, 5.74) is 8.04. The fourth-order valence-electron chi connectivity index (χ4n) is 10.9. The quantitative estimate of drug-likeness (QED) is 0.122. The standard InChI is InChI=1S/2C26H24F2N4O3/c2*27-25(28)35-22-4-2-1-3-18(22)19-7-8-32-23(19)21-13-16(5-6-20(21)24(32)33)17-14-29-26(30-15-17)31-9-11-34-12-10-31/h2*1-6,13-15,19,23,25H,7-12H2/t19-,23+;/m0./s1. The molecule has 70 heavy (non-hydrogen) atoms. The van der Waals surface area contributed by atoms with Crippen LogP contribution in [0.2, 0.25) is 0 Å². The van der Waals surface area contributed by atoms with Crippen LogP contribution >= 0.6 is 0 Å². The molecule has 0 spiro atoms. The van der Waals surface area contributed by atoms with Crippen molar-refractivity contribution in [2.45, 2.75) is 50.0 Å². The van der Waals surface area contributed by atoms with Crippen LogP contribution < -0.4 is 19.3 Å². The predicted molar refractivity (Wildman–Crippen MR) is 249 cm³/mol. The third-order valence-corrected chi connectivity index (χ3v) is 14.1. The third-order valence-electron chi connectivity index (χ3n) is 14.1. The van der Waals surface area contributed by atoms with Crippen LogP contribution in [0, 0.1) is 0 Å². The van der Waals surface area contributed by atoms with E-state index in [1.807, 2.05) is 70.5 Å². The van der Waals surface area contributed by atoms with E-state index in [1.54, 1.807) is 49.1 Å².